The summed E-state index contributed by atoms with van der Waals surface area (Å²) in [5.41, 5.74) is 0.779. The molecule has 0 atom stereocenters. The van der Waals surface area contributed by atoms with Crippen LogP contribution in [-0.2, 0) is 6.54 Å². The number of carbonyl (C=O) groups excluding carboxylic acids is 1. The van der Waals surface area contributed by atoms with Crippen molar-refractivity contribution < 1.29 is 19.2 Å². The van der Waals surface area contributed by atoms with Crippen molar-refractivity contribution in [2.45, 2.75) is 6.54 Å². The van der Waals surface area contributed by atoms with Gasteiger partial charge < -0.3 is 14.4 Å². The lowest BCUT2D eigenvalue weighted by Gasteiger charge is -2.19. The number of ether oxygens (including phenoxy) is 2. The molecule has 0 aliphatic rings. The molecule has 0 heterocycles. The van der Waals surface area contributed by atoms with Gasteiger partial charge in [0, 0.05) is 35.3 Å². The fraction of sp³-hybridized carbons (Fsp3) is 0.235. The molecular weight excluding hydrogens is 392 g/mol. The number of nitro groups is 1. The van der Waals surface area contributed by atoms with Gasteiger partial charge in [-0.15, -0.1) is 0 Å². The summed E-state index contributed by atoms with van der Waals surface area (Å²) in [6.07, 6.45) is 0. The predicted octanol–water partition coefficient (Wildman–Crippen LogP) is 3.65. The highest BCUT2D eigenvalue weighted by atomic mass is 79.9. The zero-order valence-corrected chi connectivity index (χ0v) is 15.6. The third kappa shape index (κ3) is 4.27. The number of hydrogen-bond acceptors (Lipinski definition) is 5. The molecule has 0 fully saturated rings. The summed E-state index contributed by atoms with van der Waals surface area (Å²) in [6.45, 7) is 0.293. The van der Waals surface area contributed by atoms with Crippen molar-refractivity contribution in [3.63, 3.8) is 0 Å². The fourth-order valence-electron chi connectivity index (χ4n) is 2.38. The molecule has 2 aromatic rings. The molecule has 0 saturated carbocycles. The number of nitro benzene ring substituents is 1. The van der Waals surface area contributed by atoms with Gasteiger partial charge >= 0.3 is 5.69 Å². The molecule has 7 nitrogen and oxygen atoms in total. The van der Waals surface area contributed by atoms with E-state index >= 15 is 0 Å². The van der Waals surface area contributed by atoms with Gasteiger partial charge in [0.25, 0.3) is 5.91 Å². The standard InChI is InChI=1S/C17H17BrN2O5/c1-19(10-12-8-13(18)5-7-15(12)24-2)17(21)11-4-6-16(25-3)14(9-11)20(22)23/h4-9H,10H2,1-3H3. The van der Waals surface area contributed by atoms with Crippen LogP contribution in [0, 0.1) is 10.1 Å². The number of carbonyl (C=O) groups is 1. The Morgan fingerprint density at radius 2 is 1.80 bits per heavy atom. The number of methoxy groups -OCH3 is 2. The number of nitrogens with zero attached hydrogens (tertiary/aromatic N) is 2. The molecule has 2 aromatic carbocycles. The summed E-state index contributed by atoms with van der Waals surface area (Å²) < 4.78 is 11.1. The SMILES string of the molecule is COc1ccc(Br)cc1CN(C)C(=O)c1ccc(OC)c([N+](=O)[O-])c1. The number of halogens is 1. The Hall–Kier alpha value is -2.61. The second kappa shape index (κ2) is 7.98. The summed E-state index contributed by atoms with van der Waals surface area (Å²) in [7, 11) is 4.52. The van der Waals surface area contributed by atoms with Crippen LogP contribution in [0.3, 0.4) is 0 Å². The molecule has 0 aromatic heterocycles. The van der Waals surface area contributed by atoms with E-state index in [4.69, 9.17) is 9.47 Å². The monoisotopic (exact) mass is 408 g/mol. The van der Waals surface area contributed by atoms with Gasteiger partial charge in [-0.1, -0.05) is 15.9 Å². The van der Waals surface area contributed by atoms with Gasteiger partial charge in [0.1, 0.15) is 5.75 Å². The van der Waals surface area contributed by atoms with E-state index in [1.165, 1.54) is 30.2 Å². The Morgan fingerprint density at radius 1 is 1.16 bits per heavy atom. The molecule has 0 bridgehead atoms. The zero-order valence-electron chi connectivity index (χ0n) is 14.0. The quantitative estimate of drug-likeness (QED) is 0.538. The molecule has 8 heteroatoms. The molecule has 0 aliphatic heterocycles. The van der Waals surface area contributed by atoms with Crippen LogP contribution in [0.1, 0.15) is 15.9 Å². The van der Waals surface area contributed by atoms with E-state index in [2.05, 4.69) is 15.9 Å². The summed E-state index contributed by atoms with van der Waals surface area (Å²) in [5, 5.41) is 11.1. The van der Waals surface area contributed by atoms with Gasteiger partial charge in [0.15, 0.2) is 5.75 Å². The van der Waals surface area contributed by atoms with Gasteiger partial charge in [-0.3, -0.25) is 14.9 Å². The molecule has 0 radical (unpaired) electrons. The van der Waals surface area contributed by atoms with E-state index in [0.717, 1.165) is 10.0 Å². The average Bonchev–Trinajstić information content (AvgIpc) is 2.60. The topological polar surface area (TPSA) is 81.9 Å². The van der Waals surface area contributed by atoms with Crippen LogP contribution in [-0.4, -0.2) is 37.0 Å². The van der Waals surface area contributed by atoms with E-state index in [9.17, 15) is 14.9 Å². The van der Waals surface area contributed by atoms with Crippen molar-refractivity contribution in [1.82, 2.24) is 4.90 Å². The van der Waals surface area contributed by atoms with Crippen LogP contribution in [0.4, 0.5) is 5.69 Å². The molecular formula is C17H17BrN2O5. The first-order valence-electron chi connectivity index (χ1n) is 7.27. The molecule has 2 rings (SSSR count). The third-order valence-corrected chi connectivity index (χ3v) is 4.11. The Balaban J connectivity index is 2.27. The molecule has 0 spiro atoms. The first kappa shape index (κ1) is 18.7. The van der Waals surface area contributed by atoms with Crippen molar-refractivity contribution >= 4 is 27.5 Å². The first-order valence-corrected chi connectivity index (χ1v) is 8.07. The Morgan fingerprint density at radius 3 is 2.40 bits per heavy atom. The van der Waals surface area contributed by atoms with E-state index in [1.807, 2.05) is 12.1 Å². The highest BCUT2D eigenvalue weighted by Gasteiger charge is 2.21. The van der Waals surface area contributed by atoms with Crippen molar-refractivity contribution in [2.24, 2.45) is 0 Å². The number of hydrogen-bond donors (Lipinski definition) is 0. The molecule has 1 amide bonds. The van der Waals surface area contributed by atoms with Crippen molar-refractivity contribution in [2.75, 3.05) is 21.3 Å². The molecule has 0 N–H and O–H groups in total. The van der Waals surface area contributed by atoms with Crippen molar-refractivity contribution in [1.29, 1.82) is 0 Å². The van der Waals surface area contributed by atoms with E-state index in [0.29, 0.717) is 12.3 Å². The lowest BCUT2D eigenvalue weighted by Crippen LogP contribution is -2.26. The van der Waals surface area contributed by atoms with Crippen LogP contribution in [0.5, 0.6) is 11.5 Å². The van der Waals surface area contributed by atoms with E-state index in [-0.39, 0.29) is 22.9 Å². The van der Waals surface area contributed by atoms with Crippen molar-refractivity contribution in [3.8, 4) is 11.5 Å². The Labute approximate surface area is 153 Å². The van der Waals surface area contributed by atoms with Gasteiger partial charge in [0.05, 0.1) is 19.1 Å². The summed E-state index contributed by atoms with van der Waals surface area (Å²) in [5.74, 6) is 0.425. The minimum atomic E-state index is -0.576. The smallest absolute Gasteiger partial charge is 0.311 e. The largest absolute Gasteiger partial charge is 0.496 e. The van der Waals surface area contributed by atoms with Crippen LogP contribution in [0.2, 0.25) is 0 Å². The molecule has 132 valence electrons. The lowest BCUT2D eigenvalue weighted by atomic mass is 10.1. The molecule has 0 aliphatic carbocycles. The Bertz CT molecular complexity index is 810. The second-order valence-electron chi connectivity index (χ2n) is 5.26. The molecule has 0 saturated heterocycles. The minimum Gasteiger partial charge on any atom is -0.496 e. The normalized spacial score (nSPS) is 10.2. The average molecular weight is 409 g/mol. The van der Waals surface area contributed by atoms with Gasteiger partial charge in [-0.05, 0) is 30.3 Å². The number of rotatable bonds is 6. The second-order valence-corrected chi connectivity index (χ2v) is 6.18. The lowest BCUT2D eigenvalue weighted by molar-refractivity contribution is -0.385. The number of amides is 1. The van der Waals surface area contributed by atoms with Crippen molar-refractivity contribution in [3.05, 3.63) is 62.1 Å². The molecule has 0 unspecified atom stereocenters. The maximum Gasteiger partial charge on any atom is 0.311 e. The maximum absolute atomic E-state index is 12.6. The van der Waals surface area contributed by atoms with E-state index < -0.39 is 4.92 Å². The summed E-state index contributed by atoms with van der Waals surface area (Å²) >= 11 is 3.39. The van der Waals surface area contributed by atoms with Gasteiger partial charge in [0.2, 0.25) is 0 Å². The van der Waals surface area contributed by atoms with Crippen LogP contribution in [0.15, 0.2) is 40.9 Å². The highest BCUT2D eigenvalue weighted by Crippen LogP contribution is 2.29. The van der Waals surface area contributed by atoms with E-state index in [1.54, 1.807) is 20.2 Å². The zero-order chi connectivity index (χ0) is 18.6. The fourth-order valence-corrected chi connectivity index (χ4v) is 2.79. The Kier molecular flexibility index (Phi) is 5.97. The minimum absolute atomic E-state index is 0.109. The summed E-state index contributed by atoms with van der Waals surface area (Å²) in [4.78, 5) is 24.6. The highest BCUT2D eigenvalue weighted by molar-refractivity contribution is 9.10. The first-order chi connectivity index (χ1) is 11.9. The number of benzene rings is 2. The molecule has 25 heavy (non-hydrogen) atoms. The van der Waals surface area contributed by atoms with Gasteiger partial charge in [-0.2, -0.15) is 0 Å². The third-order valence-electron chi connectivity index (χ3n) is 3.62. The maximum atomic E-state index is 12.6. The predicted molar refractivity (Wildman–Crippen MR) is 96.1 cm³/mol. The summed E-state index contributed by atoms with van der Waals surface area (Å²) in [6, 6.07) is 9.64. The van der Waals surface area contributed by atoms with Crippen LogP contribution in [0.25, 0.3) is 0 Å². The van der Waals surface area contributed by atoms with Crippen LogP contribution < -0.4 is 9.47 Å². The van der Waals surface area contributed by atoms with Crippen LogP contribution >= 0.6 is 15.9 Å². The van der Waals surface area contributed by atoms with Gasteiger partial charge in [-0.25, -0.2) is 0 Å².